The first-order valence-corrected chi connectivity index (χ1v) is 20.8. The fourth-order valence-corrected chi connectivity index (χ4v) is 9.04. The second kappa shape index (κ2) is 17.5. The van der Waals surface area contributed by atoms with Gasteiger partial charge in [-0.2, -0.15) is 21.0 Å². The van der Waals surface area contributed by atoms with Crippen LogP contribution in [0.4, 0.5) is 17.6 Å². The zero-order valence-electron chi connectivity index (χ0n) is 35.4. The van der Waals surface area contributed by atoms with Crippen molar-refractivity contribution in [2.75, 3.05) is 0 Å². The van der Waals surface area contributed by atoms with Crippen molar-refractivity contribution >= 4 is 23.1 Å². The smallest absolute Gasteiger partial charge is 0.193 e. The van der Waals surface area contributed by atoms with Crippen molar-refractivity contribution < 1.29 is 36.7 Å². The van der Waals surface area contributed by atoms with Gasteiger partial charge in [-0.3, -0.25) is 19.2 Å². The highest BCUT2D eigenvalue weighted by molar-refractivity contribution is 6.15. The molecule has 0 spiro atoms. The van der Waals surface area contributed by atoms with Gasteiger partial charge in [0.1, 0.15) is 23.3 Å². The van der Waals surface area contributed by atoms with Gasteiger partial charge in [-0.25, -0.2) is 17.6 Å². The maximum absolute atomic E-state index is 15.0. The van der Waals surface area contributed by atoms with Crippen molar-refractivity contribution in [1.82, 2.24) is 0 Å². The van der Waals surface area contributed by atoms with Crippen LogP contribution in [-0.4, -0.2) is 23.1 Å². The zero-order chi connectivity index (χ0) is 48.7. The van der Waals surface area contributed by atoms with E-state index in [0.29, 0.717) is 22.3 Å². The van der Waals surface area contributed by atoms with E-state index in [9.17, 15) is 57.8 Å². The molecule has 0 saturated carbocycles. The summed E-state index contributed by atoms with van der Waals surface area (Å²) in [4.78, 5) is 58.8. The normalized spacial score (nSPS) is 11.8. The lowest BCUT2D eigenvalue weighted by atomic mass is 9.66. The molecule has 0 amide bonds. The Morgan fingerprint density at radius 1 is 0.333 bits per heavy atom. The molecule has 0 saturated heterocycles. The van der Waals surface area contributed by atoms with Gasteiger partial charge in [-0.15, -0.1) is 0 Å². The van der Waals surface area contributed by atoms with Crippen LogP contribution < -0.4 is 0 Å². The van der Waals surface area contributed by atoms with Gasteiger partial charge in [0.15, 0.2) is 23.1 Å². The molecule has 0 N–H and O–H groups in total. The van der Waals surface area contributed by atoms with Gasteiger partial charge in [0.05, 0.1) is 51.9 Å². The first-order chi connectivity index (χ1) is 33.2. The monoisotopic (exact) mass is 906 g/mol. The second-order valence-corrected chi connectivity index (χ2v) is 16.1. The van der Waals surface area contributed by atoms with E-state index in [-0.39, 0.29) is 77.9 Å². The summed E-state index contributed by atoms with van der Waals surface area (Å²) in [5.41, 5.74) is -1.72. The highest BCUT2D eigenvalue weighted by Crippen LogP contribution is 2.56. The van der Waals surface area contributed by atoms with Crippen LogP contribution in [0.1, 0.15) is 108 Å². The third-order valence-electron chi connectivity index (χ3n) is 11.9. The largest absolute Gasteiger partial charge is 0.289 e. The number of carbonyl (C=O) groups is 4. The molecule has 0 bridgehead atoms. The van der Waals surface area contributed by atoms with Crippen LogP contribution in [0.3, 0.4) is 0 Å². The molecule has 0 heterocycles. The number of ketones is 4. The van der Waals surface area contributed by atoms with E-state index < -0.39 is 51.8 Å². The topological polar surface area (TPSA) is 163 Å². The highest BCUT2D eigenvalue weighted by Gasteiger charge is 2.47. The molecule has 0 aromatic heterocycles. The predicted octanol–water partition coefficient (Wildman–Crippen LogP) is 11.0. The zero-order valence-corrected chi connectivity index (χ0v) is 35.4. The van der Waals surface area contributed by atoms with Crippen LogP contribution in [0.15, 0.2) is 158 Å². The molecule has 9 rings (SSSR count). The van der Waals surface area contributed by atoms with E-state index >= 15 is 0 Å². The Kier molecular flexibility index (Phi) is 11.2. The quantitative estimate of drug-likeness (QED) is 0.0967. The molecule has 8 nitrogen and oxygen atoms in total. The van der Waals surface area contributed by atoms with Crippen molar-refractivity contribution in [2.24, 2.45) is 0 Å². The minimum Gasteiger partial charge on any atom is -0.289 e. The summed E-state index contributed by atoms with van der Waals surface area (Å²) in [7, 11) is 0. The van der Waals surface area contributed by atoms with Crippen LogP contribution in [0, 0.1) is 68.6 Å². The number of benzene rings is 8. The molecular formula is C57H26F4N4O4. The molecule has 1 aliphatic rings. The number of hydrogen-bond donors (Lipinski definition) is 0. The minimum absolute atomic E-state index is 0.154. The van der Waals surface area contributed by atoms with E-state index in [1.54, 1.807) is 36.4 Å². The fraction of sp³-hybridized carbons (Fsp3) is 0.0175. The SMILES string of the molecule is N#Cc1cc(F)cc(C(=O)c2cc(C(=O)c3cc(F)cc(C#N)c3)cc(C3(c4cc(C(=O)c5cc(F)cc(C#N)c5)cc(C(=O)c5cc(F)cc(C#N)c5)c4)c4ccccc4-c4ccccc43)c2)c1. The third kappa shape index (κ3) is 7.91. The molecule has 12 heteroatoms. The Balaban J connectivity index is 1.41. The van der Waals surface area contributed by atoms with Gasteiger partial charge in [-0.1, -0.05) is 48.5 Å². The van der Waals surface area contributed by atoms with Gasteiger partial charge in [0, 0.05) is 44.5 Å². The summed E-state index contributed by atoms with van der Waals surface area (Å²) in [6.45, 7) is 0. The number of nitrogens with zero attached hydrogens (tertiary/aromatic N) is 4. The molecule has 8 aromatic rings. The summed E-state index contributed by atoms with van der Waals surface area (Å²) in [5, 5.41) is 38.8. The van der Waals surface area contributed by atoms with E-state index in [4.69, 9.17) is 0 Å². The van der Waals surface area contributed by atoms with Crippen LogP contribution in [0.25, 0.3) is 11.1 Å². The van der Waals surface area contributed by atoms with Crippen molar-refractivity contribution in [3.8, 4) is 35.4 Å². The summed E-state index contributed by atoms with van der Waals surface area (Å²) < 4.78 is 60.0. The second-order valence-electron chi connectivity index (χ2n) is 16.1. The van der Waals surface area contributed by atoms with Crippen LogP contribution in [0.2, 0.25) is 0 Å². The molecule has 0 unspecified atom stereocenters. The summed E-state index contributed by atoms with van der Waals surface area (Å²) >= 11 is 0. The van der Waals surface area contributed by atoms with Gasteiger partial charge in [-0.05, 0) is 143 Å². The Labute approximate surface area is 390 Å². The molecule has 69 heavy (non-hydrogen) atoms. The first kappa shape index (κ1) is 44.3. The van der Waals surface area contributed by atoms with Crippen LogP contribution in [0.5, 0.6) is 0 Å². The minimum atomic E-state index is -1.72. The lowest BCUT2D eigenvalue weighted by Crippen LogP contribution is -2.30. The van der Waals surface area contributed by atoms with Crippen molar-refractivity contribution in [2.45, 2.75) is 5.41 Å². The molecule has 0 aliphatic heterocycles. The molecule has 0 atom stereocenters. The van der Waals surface area contributed by atoms with Crippen molar-refractivity contribution in [1.29, 1.82) is 21.0 Å². The Bertz CT molecular complexity index is 3340. The maximum atomic E-state index is 15.0. The number of hydrogen-bond acceptors (Lipinski definition) is 8. The summed E-state index contributed by atoms with van der Waals surface area (Å²) in [5.74, 6) is -6.96. The van der Waals surface area contributed by atoms with E-state index in [1.807, 2.05) is 36.4 Å². The van der Waals surface area contributed by atoms with Gasteiger partial charge >= 0.3 is 0 Å². The third-order valence-corrected chi connectivity index (χ3v) is 11.9. The Morgan fingerprint density at radius 3 is 0.841 bits per heavy atom. The average Bonchev–Trinajstić information content (AvgIpc) is 3.67. The lowest BCUT2D eigenvalue weighted by molar-refractivity contribution is 0.102. The Morgan fingerprint density at radius 2 is 0.580 bits per heavy atom. The molecule has 0 fully saturated rings. The number of carbonyl (C=O) groups excluding carboxylic acids is 4. The number of fused-ring (bicyclic) bond motifs is 3. The van der Waals surface area contributed by atoms with Crippen LogP contribution in [-0.2, 0) is 5.41 Å². The van der Waals surface area contributed by atoms with Gasteiger partial charge in [0.2, 0.25) is 0 Å². The molecule has 0 radical (unpaired) electrons. The summed E-state index contributed by atoms with van der Waals surface area (Å²) in [6, 6.07) is 41.7. The fourth-order valence-electron chi connectivity index (χ4n) is 9.04. The highest BCUT2D eigenvalue weighted by atomic mass is 19.1. The van der Waals surface area contributed by atoms with Crippen molar-refractivity contribution in [3.63, 3.8) is 0 Å². The maximum Gasteiger partial charge on any atom is 0.193 e. The molecule has 8 aromatic carbocycles. The predicted molar refractivity (Wildman–Crippen MR) is 242 cm³/mol. The molecule has 1 aliphatic carbocycles. The van der Waals surface area contributed by atoms with Gasteiger partial charge in [0.25, 0.3) is 0 Å². The molecule has 326 valence electrons. The molecular weight excluding hydrogens is 881 g/mol. The van der Waals surface area contributed by atoms with E-state index in [1.165, 1.54) is 60.7 Å². The number of halogens is 4. The summed E-state index contributed by atoms with van der Waals surface area (Å²) in [6.07, 6.45) is 0. The van der Waals surface area contributed by atoms with E-state index in [0.717, 1.165) is 48.5 Å². The average molecular weight is 907 g/mol. The van der Waals surface area contributed by atoms with Crippen molar-refractivity contribution in [3.05, 3.63) is 270 Å². The number of nitriles is 4. The standard InChI is InChI=1S/C57H26F4N4O4/c58-45-13-31(27-62)9-35(23-45)53(66)39-17-40(54(67)36-10-32(28-63)14-46(59)24-36)20-43(19-39)57(51-7-3-1-5-49(51)50-6-2-4-8-52(50)57)44-21-41(55(68)37-11-33(29-64)15-47(60)25-37)18-42(22-44)56(69)38-12-34(30-65)16-48(61)26-38/h1-26H. The number of rotatable bonds is 10. The lowest BCUT2D eigenvalue weighted by Gasteiger charge is -2.35. The van der Waals surface area contributed by atoms with E-state index in [2.05, 4.69) is 0 Å². The van der Waals surface area contributed by atoms with Gasteiger partial charge < -0.3 is 0 Å². The first-order valence-electron chi connectivity index (χ1n) is 20.8. The van der Waals surface area contributed by atoms with Crippen LogP contribution >= 0.6 is 0 Å². The Hall–Kier alpha value is -9.88.